The Balaban J connectivity index is 2.04. The van der Waals surface area contributed by atoms with E-state index >= 15 is 0 Å². The van der Waals surface area contributed by atoms with Crippen molar-refractivity contribution in [3.8, 4) is 5.75 Å². The summed E-state index contributed by atoms with van der Waals surface area (Å²) in [7, 11) is -2.12. The minimum absolute atomic E-state index is 0.208. The molecule has 1 aliphatic rings. The highest BCUT2D eigenvalue weighted by Gasteiger charge is 2.32. The van der Waals surface area contributed by atoms with Crippen LogP contribution in [0.5, 0.6) is 5.75 Å². The number of hydrogen-bond acceptors (Lipinski definition) is 4. The molecule has 2 aromatic rings. The van der Waals surface area contributed by atoms with E-state index in [9.17, 15) is 13.5 Å². The molecule has 22 heavy (non-hydrogen) atoms. The van der Waals surface area contributed by atoms with Crippen LogP contribution >= 0.6 is 0 Å². The second-order valence-corrected chi connectivity index (χ2v) is 6.98. The van der Waals surface area contributed by atoms with Crippen molar-refractivity contribution in [3.63, 3.8) is 0 Å². The van der Waals surface area contributed by atoms with Crippen molar-refractivity contribution >= 4 is 15.7 Å². The first-order valence-corrected chi connectivity index (χ1v) is 8.42. The lowest BCUT2D eigenvalue weighted by Crippen LogP contribution is -2.36. The van der Waals surface area contributed by atoms with E-state index in [1.807, 2.05) is 0 Å². The molecule has 0 aromatic heterocycles. The predicted octanol–water partition coefficient (Wildman–Crippen LogP) is 2.33. The average molecular weight is 319 g/mol. The molecule has 3 rings (SSSR count). The van der Waals surface area contributed by atoms with E-state index in [0.717, 1.165) is 0 Å². The smallest absolute Gasteiger partial charge is 0.264 e. The maximum atomic E-state index is 12.9. The molecule has 0 spiro atoms. The summed E-state index contributed by atoms with van der Waals surface area (Å²) in [5, 5.41) is 10.0. The first-order valence-electron chi connectivity index (χ1n) is 6.98. The van der Waals surface area contributed by atoms with Crippen LogP contribution < -0.4 is 9.04 Å². The van der Waals surface area contributed by atoms with Crippen molar-refractivity contribution in [1.29, 1.82) is 0 Å². The minimum Gasteiger partial charge on any atom is -0.497 e. The summed E-state index contributed by atoms with van der Waals surface area (Å²) in [5.74, 6) is 0.605. The number of aliphatic hydroxyl groups is 1. The first kappa shape index (κ1) is 14.9. The van der Waals surface area contributed by atoms with Gasteiger partial charge in [-0.2, -0.15) is 0 Å². The van der Waals surface area contributed by atoms with Crippen LogP contribution in [-0.2, 0) is 10.0 Å². The number of rotatable bonds is 3. The van der Waals surface area contributed by atoms with Gasteiger partial charge in [0.25, 0.3) is 10.0 Å². The number of anilines is 1. The van der Waals surface area contributed by atoms with Gasteiger partial charge in [-0.3, -0.25) is 4.31 Å². The Morgan fingerprint density at radius 3 is 2.50 bits per heavy atom. The van der Waals surface area contributed by atoms with E-state index in [1.165, 1.54) is 23.5 Å². The highest BCUT2D eigenvalue weighted by Crippen LogP contribution is 2.36. The number of nitrogens with zero attached hydrogens (tertiary/aromatic N) is 1. The maximum absolute atomic E-state index is 12.9. The molecular weight excluding hydrogens is 302 g/mol. The topological polar surface area (TPSA) is 66.8 Å². The standard InChI is InChI=1S/C16H17NO4S/c1-21-12-6-8-13(9-7-12)22(19,20)17-11-10-16(18)14-4-2-3-5-15(14)17/h2-9,16,18H,10-11H2,1H3. The van der Waals surface area contributed by atoms with Crippen molar-refractivity contribution in [1.82, 2.24) is 0 Å². The molecule has 0 bridgehead atoms. The first-order chi connectivity index (χ1) is 10.5. The molecule has 1 aliphatic heterocycles. The summed E-state index contributed by atoms with van der Waals surface area (Å²) < 4.78 is 32.1. The monoisotopic (exact) mass is 319 g/mol. The molecule has 0 saturated carbocycles. The van der Waals surface area contributed by atoms with Crippen molar-refractivity contribution < 1.29 is 18.3 Å². The predicted molar refractivity (Wildman–Crippen MR) is 83.5 cm³/mol. The van der Waals surface area contributed by atoms with Gasteiger partial charge in [0.1, 0.15) is 5.75 Å². The Kier molecular flexibility index (Phi) is 3.80. The summed E-state index contributed by atoms with van der Waals surface area (Å²) >= 11 is 0. The zero-order chi connectivity index (χ0) is 15.7. The van der Waals surface area contributed by atoms with Gasteiger partial charge >= 0.3 is 0 Å². The molecule has 1 atom stereocenters. The Morgan fingerprint density at radius 1 is 1.14 bits per heavy atom. The van der Waals surface area contributed by atoms with Gasteiger partial charge in [-0.05, 0) is 36.8 Å². The quantitative estimate of drug-likeness (QED) is 0.943. The maximum Gasteiger partial charge on any atom is 0.264 e. The summed E-state index contributed by atoms with van der Waals surface area (Å²) in [6, 6.07) is 13.4. The molecule has 0 radical (unpaired) electrons. The van der Waals surface area contributed by atoms with Gasteiger partial charge in [0.15, 0.2) is 0 Å². The number of sulfonamides is 1. The average Bonchev–Trinajstić information content (AvgIpc) is 2.55. The SMILES string of the molecule is COc1ccc(S(=O)(=O)N2CCC(O)c3ccccc32)cc1. The van der Waals surface area contributed by atoms with E-state index in [2.05, 4.69) is 0 Å². The largest absolute Gasteiger partial charge is 0.497 e. The molecule has 1 N–H and O–H groups in total. The van der Waals surface area contributed by atoms with Crippen molar-refractivity contribution in [2.75, 3.05) is 18.0 Å². The van der Waals surface area contributed by atoms with Crippen LogP contribution in [0.3, 0.4) is 0 Å². The molecule has 0 saturated heterocycles. The Hall–Kier alpha value is -2.05. The van der Waals surface area contributed by atoms with E-state index in [-0.39, 0.29) is 11.4 Å². The van der Waals surface area contributed by atoms with Gasteiger partial charge in [-0.1, -0.05) is 18.2 Å². The van der Waals surface area contributed by atoms with Crippen LogP contribution in [0, 0.1) is 0 Å². The van der Waals surface area contributed by atoms with Gasteiger partial charge in [0.05, 0.1) is 23.8 Å². The second-order valence-electron chi connectivity index (χ2n) is 5.12. The highest BCUT2D eigenvalue weighted by molar-refractivity contribution is 7.92. The molecule has 1 unspecified atom stereocenters. The fourth-order valence-corrected chi connectivity index (χ4v) is 4.14. The molecule has 0 amide bonds. The van der Waals surface area contributed by atoms with Gasteiger partial charge in [0, 0.05) is 12.1 Å². The zero-order valence-electron chi connectivity index (χ0n) is 12.1. The van der Waals surface area contributed by atoms with Crippen LogP contribution in [-0.4, -0.2) is 27.2 Å². The van der Waals surface area contributed by atoms with Crippen molar-refractivity contribution in [2.24, 2.45) is 0 Å². The summed E-state index contributed by atoms with van der Waals surface area (Å²) in [6.07, 6.45) is -0.245. The van der Waals surface area contributed by atoms with Crippen LogP contribution in [0.25, 0.3) is 0 Å². The number of methoxy groups -OCH3 is 1. The molecule has 116 valence electrons. The molecule has 2 aromatic carbocycles. The third-order valence-electron chi connectivity index (χ3n) is 3.82. The molecule has 6 heteroatoms. The van der Waals surface area contributed by atoms with Gasteiger partial charge in [-0.15, -0.1) is 0 Å². The number of para-hydroxylation sites is 1. The minimum atomic E-state index is -3.66. The number of ether oxygens (including phenoxy) is 1. The molecule has 1 heterocycles. The lowest BCUT2D eigenvalue weighted by molar-refractivity contribution is 0.166. The van der Waals surface area contributed by atoms with Gasteiger partial charge in [0.2, 0.25) is 0 Å². The summed E-state index contributed by atoms with van der Waals surface area (Å²) in [4.78, 5) is 0.208. The third kappa shape index (κ3) is 2.44. The zero-order valence-corrected chi connectivity index (χ0v) is 13.0. The lowest BCUT2D eigenvalue weighted by atomic mass is 10.0. The number of hydrogen-bond donors (Lipinski definition) is 1. The summed E-state index contributed by atoms with van der Waals surface area (Å²) in [6.45, 7) is 0.256. The van der Waals surface area contributed by atoms with E-state index in [1.54, 1.807) is 36.4 Å². The molecule has 0 fully saturated rings. The normalized spacial score (nSPS) is 17.9. The number of benzene rings is 2. The van der Waals surface area contributed by atoms with Crippen LogP contribution in [0.2, 0.25) is 0 Å². The number of fused-ring (bicyclic) bond motifs is 1. The highest BCUT2D eigenvalue weighted by atomic mass is 32.2. The Labute approximate surface area is 129 Å². The number of aliphatic hydroxyl groups excluding tert-OH is 1. The lowest BCUT2D eigenvalue weighted by Gasteiger charge is -2.32. The van der Waals surface area contributed by atoms with Crippen molar-refractivity contribution in [3.05, 3.63) is 54.1 Å². The van der Waals surface area contributed by atoms with Gasteiger partial charge < -0.3 is 9.84 Å². The van der Waals surface area contributed by atoms with Crippen LogP contribution in [0.1, 0.15) is 18.1 Å². The van der Waals surface area contributed by atoms with Crippen LogP contribution in [0.4, 0.5) is 5.69 Å². The Bertz CT molecular complexity index is 771. The van der Waals surface area contributed by atoms with Crippen LogP contribution in [0.15, 0.2) is 53.4 Å². The van der Waals surface area contributed by atoms with E-state index < -0.39 is 16.1 Å². The Morgan fingerprint density at radius 2 is 1.82 bits per heavy atom. The fraction of sp³-hybridized carbons (Fsp3) is 0.250. The van der Waals surface area contributed by atoms with Crippen molar-refractivity contribution in [2.45, 2.75) is 17.4 Å². The summed E-state index contributed by atoms with van der Waals surface area (Å²) in [5.41, 5.74) is 1.18. The molecule has 5 nitrogen and oxygen atoms in total. The molecular formula is C16H17NO4S. The van der Waals surface area contributed by atoms with E-state index in [0.29, 0.717) is 23.4 Å². The molecule has 0 aliphatic carbocycles. The van der Waals surface area contributed by atoms with Gasteiger partial charge in [-0.25, -0.2) is 8.42 Å². The third-order valence-corrected chi connectivity index (χ3v) is 5.64. The van der Waals surface area contributed by atoms with E-state index in [4.69, 9.17) is 4.74 Å². The second kappa shape index (κ2) is 5.62. The fourth-order valence-electron chi connectivity index (χ4n) is 2.64.